The van der Waals surface area contributed by atoms with Crippen molar-refractivity contribution in [3.05, 3.63) is 0 Å². The van der Waals surface area contributed by atoms with Gasteiger partial charge in [0, 0.05) is 18.5 Å². The normalized spacial score (nSPS) is 22.4. The van der Waals surface area contributed by atoms with Crippen molar-refractivity contribution in [3.8, 4) is 0 Å². The van der Waals surface area contributed by atoms with Gasteiger partial charge in [-0.1, -0.05) is 19.8 Å². The first-order valence-electron chi connectivity index (χ1n) is 6.63. The van der Waals surface area contributed by atoms with Gasteiger partial charge in [0.15, 0.2) is 0 Å². The molecule has 0 radical (unpaired) electrons. The summed E-state index contributed by atoms with van der Waals surface area (Å²) in [5, 5.41) is 8.94. The lowest BCUT2D eigenvalue weighted by Crippen LogP contribution is -2.41. The van der Waals surface area contributed by atoms with Crippen LogP contribution in [0.15, 0.2) is 0 Å². The number of rotatable bonds is 5. The van der Waals surface area contributed by atoms with Crippen LogP contribution >= 0.6 is 0 Å². The van der Waals surface area contributed by atoms with Crippen LogP contribution < -0.4 is 0 Å². The molecule has 2 saturated carbocycles. The Morgan fingerprint density at radius 2 is 1.82 bits per heavy atom. The standard InChI is InChI=1S/C13H21NO3/c1-9(13(16)17)8-14(11-6-7-11)12(15)10-4-2-3-5-10/h9-11H,2-8H2,1H3,(H,16,17). The molecule has 0 aromatic heterocycles. The molecule has 0 bridgehead atoms. The summed E-state index contributed by atoms with van der Waals surface area (Å²) in [6, 6.07) is 0.324. The number of hydrogen-bond donors (Lipinski definition) is 1. The first-order valence-corrected chi connectivity index (χ1v) is 6.63. The quantitative estimate of drug-likeness (QED) is 0.797. The Balaban J connectivity index is 1.96. The number of carboxylic acid groups (broad SMARTS) is 1. The lowest BCUT2D eigenvalue weighted by atomic mass is 10.0. The summed E-state index contributed by atoms with van der Waals surface area (Å²) in [5.41, 5.74) is 0. The van der Waals surface area contributed by atoms with Crippen LogP contribution in [-0.4, -0.2) is 34.5 Å². The maximum atomic E-state index is 12.3. The minimum absolute atomic E-state index is 0.164. The van der Waals surface area contributed by atoms with Gasteiger partial charge in [0.2, 0.25) is 5.91 Å². The van der Waals surface area contributed by atoms with Gasteiger partial charge in [-0.25, -0.2) is 0 Å². The fraction of sp³-hybridized carbons (Fsp3) is 0.846. The van der Waals surface area contributed by atoms with E-state index >= 15 is 0 Å². The second kappa shape index (κ2) is 5.07. The molecule has 2 aliphatic carbocycles. The molecule has 17 heavy (non-hydrogen) atoms. The molecular weight excluding hydrogens is 218 g/mol. The van der Waals surface area contributed by atoms with Crippen LogP contribution in [0.4, 0.5) is 0 Å². The molecule has 1 amide bonds. The average molecular weight is 239 g/mol. The smallest absolute Gasteiger partial charge is 0.308 e. The minimum atomic E-state index is -0.810. The van der Waals surface area contributed by atoms with Gasteiger partial charge in [-0.05, 0) is 25.7 Å². The molecule has 4 heteroatoms. The average Bonchev–Trinajstić information content (AvgIpc) is 2.98. The van der Waals surface area contributed by atoms with Crippen molar-refractivity contribution in [3.63, 3.8) is 0 Å². The van der Waals surface area contributed by atoms with E-state index < -0.39 is 11.9 Å². The zero-order valence-electron chi connectivity index (χ0n) is 10.4. The van der Waals surface area contributed by atoms with Crippen molar-refractivity contribution in [2.24, 2.45) is 11.8 Å². The number of aliphatic carboxylic acids is 1. The second-order valence-corrected chi connectivity index (χ2v) is 5.44. The highest BCUT2D eigenvalue weighted by molar-refractivity contribution is 5.80. The first kappa shape index (κ1) is 12.4. The monoisotopic (exact) mass is 239 g/mol. The maximum Gasteiger partial charge on any atom is 0.308 e. The Hall–Kier alpha value is -1.06. The van der Waals surface area contributed by atoms with Gasteiger partial charge in [-0.2, -0.15) is 0 Å². The molecule has 1 N–H and O–H groups in total. The Kier molecular flexibility index (Phi) is 3.69. The van der Waals surface area contributed by atoms with Gasteiger partial charge < -0.3 is 10.0 Å². The molecule has 0 saturated heterocycles. The summed E-state index contributed by atoms with van der Waals surface area (Å²) >= 11 is 0. The van der Waals surface area contributed by atoms with Crippen LogP contribution in [0.2, 0.25) is 0 Å². The largest absolute Gasteiger partial charge is 0.481 e. The lowest BCUT2D eigenvalue weighted by molar-refractivity contribution is -0.144. The number of carbonyl (C=O) groups excluding carboxylic acids is 1. The Labute approximate surface area is 102 Å². The van der Waals surface area contributed by atoms with Crippen LogP contribution in [0.3, 0.4) is 0 Å². The zero-order chi connectivity index (χ0) is 12.4. The Bertz CT molecular complexity index is 306. The van der Waals surface area contributed by atoms with Crippen LogP contribution in [-0.2, 0) is 9.59 Å². The molecule has 2 aliphatic rings. The van der Waals surface area contributed by atoms with E-state index in [-0.39, 0.29) is 11.8 Å². The Morgan fingerprint density at radius 1 is 1.24 bits per heavy atom. The molecule has 1 unspecified atom stereocenters. The minimum Gasteiger partial charge on any atom is -0.481 e. The van der Waals surface area contributed by atoms with Crippen molar-refractivity contribution in [2.45, 2.75) is 51.5 Å². The highest BCUT2D eigenvalue weighted by atomic mass is 16.4. The fourth-order valence-electron chi connectivity index (χ4n) is 2.59. The molecule has 2 fully saturated rings. The summed E-state index contributed by atoms with van der Waals surface area (Å²) < 4.78 is 0. The molecule has 0 aliphatic heterocycles. The van der Waals surface area contributed by atoms with Crippen LogP contribution in [0.25, 0.3) is 0 Å². The van der Waals surface area contributed by atoms with Gasteiger partial charge in [0.25, 0.3) is 0 Å². The van der Waals surface area contributed by atoms with E-state index in [1.54, 1.807) is 6.92 Å². The van der Waals surface area contributed by atoms with Gasteiger partial charge >= 0.3 is 5.97 Å². The van der Waals surface area contributed by atoms with Gasteiger partial charge in [-0.15, -0.1) is 0 Å². The molecule has 96 valence electrons. The van der Waals surface area contributed by atoms with Crippen molar-refractivity contribution < 1.29 is 14.7 Å². The van der Waals surface area contributed by atoms with E-state index in [0.29, 0.717) is 12.6 Å². The summed E-state index contributed by atoms with van der Waals surface area (Å²) in [6.45, 7) is 2.06. The van der Waals surface area contributed by atoms with Crippen LogP contribution in [0.5, 0.6) is 0 Å². The summed E-state index contributed by atoms with van der Waals surface area (Å²) in [5.74, 6) is -0.898. The SMILES string of the molecule is CC(CN(C(=O)C1CCCC1)C1CC1)C(=O)O. The molecule has 0 spiro atoms. The number of hydrogen-bond acceptors (Lipinski definition) is 2. The lowest BCUT2D eigenvalue weighted by Gasteiger charge is -2.27. The molecule has 0 heterocycles. The fourth-order valence-corrected chi connectivity index (χ4v) is 2.59. The molecule has 4 nitrogen and oxygen atoms in total. The third-order valence-electron chi connectivity index (χ3n) is 3.87. The topological polar surface area (TPSA) is 57.6 Å². The van der Waals surface area contributed by atoms with Gasteiger partial charge in [-0.3, -0.25) is 9.59 Å². The number of nitrogens with zero attached hydrogens (tertiary/aromatic N) is 1. The van der Waals surface area contributed by atoms with Crippen molar-refractivity contribution >= 4 is 11.9 Å². The van der Waals surface area contributed by atoms with E-state index in [4.69, 9.17) is 5.11 Å². The second-order valence-electron chi connectivity index (χ2n) is 5.44. The summed E-state index contributed by atoms with van der Waals surface area (Å²) in [7, 11) is 0. The van der Waals surface area contributed by atoms with E-state index in [0.717, 1.165) is 38.5 Å². The summed E-state index contributed by atoms with van der Waals surface area (Å²) in [4.78, 5) is 25.0. The molecular formula is C13H21NO3. The van der Waals surface area contributed by atoms with E-state index in [2.05, 4.69) is 0 Å². The van der Waals surface area contributed by atoms with Crippen molar-refractivity contribution in [1.82, 2.24) is 4.90 Å². The van der Waals surface area contributed by atoms with Crippen molar-refractivity contribution in [2.75, 3.05) is 6.54 Å². The van der Waals surface area contributed by atoms with Crippen molar-refractivity contribution in [1.29, 1.82) is 0 Å². The van der Waals surface area contributed by atoms with E-state index in [1.165, 1.54) is 0 Å². The highest BCUT2D eigenvalue weighted by Crippen LogP contribution is 2.33. The highest BCUT2D eigenvalue weighted by Gasteiger charge is 2.37. The Morgan fingerprint density at radius 3 is 2.29 bits per heavy atom. The molecule has 0 aromatic carbocycles. The molecule has 1 atom stereocenters. The molecule has 2 rings (SSSR count). The van der Waals surface area contributed by atoms with Crippen LogP contribution in [0.1, 0.15) is 45.4 Å². The van der Waals surface area contributed by atoms with E-state index in [1.807, 2.05) is 4.90 Å². The third-order valence-corrected chi connectivity index (χ3v) is 3.87. The maximum absolute atomic E-state index is 12.3. The predicted molar refractivity (Wildman–Crippen MR) is 63.5 cm³/mol. The van der Waals surface area contributed by atoms with Crippen LogP contribution in [0, 0.1) is 11.8 Å². The van der Waals surface area contributed by atoms with Gasteiger partial charge in [0.05, 0.1) is 5.92 Å². The number of amides is 1. The zero-order valence-corrected chi connectivity index (χ0v) is 10.4. The predicted octanol–water partition coefficient (Wildman–Crippen LogP) is 1.89. The first-order chi connectivity index (χ1) is 8.09. The number of carboxylic acids is 1. The molecule has 0 aromatic rings. The third kappa shape index (κ3) is 2.99. The number of carbonyl (C=O) groups is 2. The summed E-state index contributed by atoms with van der Waals surface area (Å²) in [6.07, 6.45) is 6.36. The van der Waals surface area contributed by atoms with E-state index in [9.17, 15) is 9.59 Å². The van der Waals surface area contributed by atoms with Gasteiger partial charge in [0.1, 0.15) is 0 Å².